The van der Waals surface area contributed by atoms with Gasteiger partial charge in [0.2, 0.25) is 0 Å². The van der Waals surface area contributed by atoms with E-state index in [9.17, 15) is 4.79 Å². The predicted octanol–water partition coefficient (Wildman–Crippen LogP) is 1.40. The molecule has 90 valence electrons. The summed E-state index contributed by atoms with van der Waals surface area (Å²) in [5, 5.41) is 0. The standard InChI is InChI=1S/C11H11N3OS.ClH/c12-11(13)14-10(15)8-5-7-3-1-2-4-9(7)16-6-8;/h1-5H,6H2,(H4,12,13,14,15);1H. The Morgan fingerprint density at radius 3 is 2.71 bits per heavy atom. The lowest BCUT2D eigenvalue weighted by Crippen LogP contribution is -2.25. The molecule has 0 saturated heterocycles. The number of carbonyl (C=O) groups excluding carboxylic acids is 1. The fraction of sp³-hybridized carbons (Fsp3) is 0.0909. The van der Waals surface area contributed by atoms with Crippen molar-refractivity contribution in [2.75, 3.05) is 5.75 Å². The lowest BCUT2D eigenvalue weighted by Gasteiger charge is -2.13. The van der Waals surface area contributed by atoms with Gasteiger partial charge in [-0.15, -0.1) is 24.2 Å². The molecule has 0 radical (unpaired) electrons. The number of aliphatic imine (C=N–C) groups is 1. The molecule has 4 nitrogen and oxygen atoms in total. The molecule has 1 aromatic carbocycles. The van der Waals surface area contributed by atoms with E-state index in [1.54, 1.807) is 11.8 Å². The normalized spacial score (nSPS) is 12.8. The molecular formula is C11H12ClN3OS. The molecule has 1 aliphatic heterocycles. The van der Waals surface area contributed by atoms with Crippen LogP contribution in [-0.4, -0.2) is 17.6 Å². The summed E-state index contributed by atoms with van der Waals surface area (Å²) >= 11 is 1.61. The maximum atomic E-state index is 11.6. The molecule has 17 heavy (non-hydrogen) atoms. The van der Waals surface area contributed by atoms with Crippen LogP contribution in [0.25, 0.3) is 6.08 Å². The molecule has 0 aliphatic carbocycles. The monoisotopic (exact) mass is 269 g/mol. The molecular weight excluding hydrogens is 258 g/mol. The van der Waals surface area contributed by atoms with Crippen LogP contribution >= 0.6 is 24.2 Å². The molecule has 0 saturated carbocycles. The highest BCUT2D eigenvalue weighted by Gasteiger charge is 2.15. The lowest BCUT2D eigenvalue weighted by atomic mass is 10.1. The molecule has 2 rings (SSSR count). The van der Waals surface area contributed by atoms with Gasteiger partial charge >= 0.3 is 0 Å². The zero-order valence-corrected chi connectivity index (χ0v) is 10.6. The van der Waals surface area contributed by atoms with Crippen molar-refractivity contribution >= 4 is 42.1 Å². The lowest BCUT2D eigenvalue weighted by molar-refractivity contribution is -0.114. The first-order chi connectivity index (χ1) is 7.66. The first kappa shape index (κ1) is 13.6. The van der Waals surface area contributed by atoms with E-state index in [-0.39, 0.29) is 24.3 Å². The average Bonchev–Trinajstić information content (AvgIpc) is 2.27. The molecule has 0 fully saturated rings. The van der Waals surface area contributed by atoms with E-state index in [1.807, 2.05) is 30.3 Å². The summed E-state index contributed by atoms with van der Waals surface area (Å²) in [6.07, 6.45) is 1.83. The topological polar surface area (TPSA) is 81.5 Å². The number of halogens is 1. The number of nitrogens with two attached hydrogens (primary N) is 2. The van der Waals surface area contributed by atoms with E-state index in [1.165, 1.54) is 4.90 Å². The maximum Gasteiger partial charge on any atom is 0.276 e. The third-order valence-electron chi connectivity index (χ3n) is 2.14. The highest BCUT2D eigenvalue weighted by atomic mass is 35.5. The van der Waals surface area contributed by atoms with E-state index in [2.05, 4.69) is 4.99 Å². The minimum Gasteiger partial charge on any atom is -0.370 e. The summed E-state index contributed by atoms with van der Waals surface area (Å²) in [6.45, 7) is 0. The smallest absolute Gasteiger partial charge is 0.276 e. The van der Waals surface area contributed by atoms with Gasteiger partial charge in [-0.3, -0.25) is 4.79 Å². The number of rotatable bonds is 1. The molecule has 1 aliphatic rings. The number of nitrogens with zero attached hydrogens (tertiary/aromatic N) is 1. The Kier molecular flexibility index (Phi) is 4.60. The van der Waals surface area contributed by atoms with Gasteiger partial charge in [0.1, 0.15) is 0 Å². The van der Waals surface area contributed by atoms with Crippen molar-refractivity contribution in [3.63, 3.8) is 0 Å². The van der Waals surface area contributed by atoms with Gasteiger partial charge in [0, 0.05) is 16.2 Å². The van der Waals surface area contributed by atoms with E-state index in [0.717, 1.165) is 5.56 Å². The van der Waals surface area contributed by atoms with Crippen molar-refractivity contribution in [1.82, 2.24) is 0 Å². The molecule has 1 amide bonds. The summed E-state index contributed by atoms with van der Waals surface area (Å²) in [5.74, 6) is 0.0452. The number of hydrogen-bond donors (Lipinski definition) is 2. The molecule has 4 N–H and O–H groups in total. The molecule has 0 atom stereocenters. The highest BCUT2D eigenvalue weighted by molar-refractivity contribution is 7.99. The van der Waals surface area contributed by atoms with Crippen molar-refractivity contribution in [2.45, 2.75) is 4.90 Å². The van der Waals surface area contributed by atoms with Gasteiger partial charge in [0.15, 0.2) is 5.96 Å². The second-order valence-electron chi connectivity index (χ2n) is 3.34. The van der Waals surface area contributed by atoms with E-state index >= 15 is 0 Å². The summed E-state index contributed by atoms with van der Waals surface area (Å²) in [7, 11) is 0. The molecule has 0 bridgehead atoms. The van der Waals surface area contributed by atoms with Gasteiger partial charge in [-0.25, -0.2) is 0 Å². The van der Waals surface area contributed by atoms with Crippen LogP contribution < -0.4 is 11.5 Å². The Morgan fingerprint density at radius 1 is 1.29 bits per heavy atom. The Morgan fingerprint density at radius 2 is 2.00 bits per heavy atom. The first-order valence-electron chi connectivity index (χ1n) is 4.73. The van der Waals surface area contributed by atoms with Crippen LogP contribution in [0.5, 0.6) is 0 Å². The molecule has 1 heterocycles. The zero-order valence-electron chi connectivity index (χ0n) is 8.92. The van der Waals surface area contributed by atoms with Crippen LogP contribution in [-0.2, 0) is 4.79 Å². The maximum absolute atomic E-state index is 11.6. The highest BCUT2D eigenvalue weighted by Crippen LogP contribution is 2.31. The molecule has 0 spiro atoms. The Bertz CT molecular complexity index is 495. The van der Waals surface area contributed by atoms with Crippen molar-refractivity contribution in [2.24, 2.45) is 16.5 Å². The number of guanidine groups is 1. The summed E-state index contributed by atoms with van der Waals surface area (Å²) in [6, 6.07) is 7.90. The third-order valence-corrected chi connectivity index (χ3v) is 3.28. The number of benzene rings is 1. The van der Waals surface area contributed by atoms with Gasteiger partial charge < -0.3 is 11.5 Å². The van der Waals surface area contributed by atoms with Crippen LogP contribution in [0.15, 0.2) is 39.7 Å². The second kappa shape index (κ2) is 5.75. The Labute approximate surface area is 110 Å². The molecule has 0 aromatic heterocycles. The number of thioether (sulfide) groups is 1. The van der Waals surface area contributed by atoms with Gasteiger partial charge in [0.25, 0.3) is 5.91 Å². The number of fused-ring (bicyclic) bond motifs is 1. The minimum atomic E-state index is -0.359. The number of amides is 1. The fourth-order valence-electron chi connectivity index (χ4n) is 1.43. The van der Waals surface area contributed by atoms with Crippen LogP contribution in [0.3, 0.4) is 0 Å². The van der Waals surface area contributed by atoms with Crippen molar-refractivity contribution in [1.29, 1.82) is 0 Å². The van der Waals surface area contributed by atoms with E-state index < -0.39 is 0 Å². The van der Waals surface area contributed by atoms with Crippen LogP contribution in [0, 0.1) is 0 Å². The number of carbonyl (C=O) groups is 1. The quantitative estimate of drug-likeness (QED) is 0.596. The summed E-state index contributed by atoms with van der Waals surface area (Å²) in [4.78, 5) is 16.3. The fourth-order valence-corrected chi connectivity index (χ4v) is 2.41. The second-order valence-corrected chi connectivity index (χ2v) is 4.36. The zero-order chi connectivity index (χ0) is 11.5. The van der Waals surface area contributed by atoms with Crippen molar-refractivity contribution in [3.8, 4) is 0 Å². The average molecular weight is 270 g/mol. The van der Waals surface area contributed by atoms with E-state index in [4.69, 9.17) is 11.5 Å². The largest absolute Gasteiger partial charge is 0.370 e. The Hall–Kier alpha value is -1.46. The summed E-state index contributed by atoms with van der Waals surface area (Å²) < 4.78 is 0. The molecule has 1 aromatic rings. The van der Waals surface area contributed by atoms with Crippen LogP contribution in [0.2, 0.25) is 0 Å². The first-order valence-corrected chi connectivity index (χ1v) is 5.72. The Balaban J connectivity index is 0.00000144. The molecule has 0 unspecified atom stereocenters. The van der Waals surface area contributed by atoms with Crippen molar-refractivity contribution in [3.05, 3.63) is 35.4 Å². The van der Waals surface area contributed by atoms with Gasteiger partial charge in [0.05, 0.1) is 0 Å². The molecule has 6 heteroatoms. The third kappa shape index (κ3) is 3.25. The van der Waals surface area contributed by atoms with E-state index in [0.29, 0.717) is 11.3 Å². The van der Waals surface area contributed by atoms with Crippen LogP contribution in [0.1, 0.15) is 5.56 Å². The predicted molar refractivity (Wildman–Crippen MR) is 73.2 cm³/mol. The minimum absolute atomic E-state index is 0. The SMILES string of the molecule is Cl.NC(N)=NC(=O)C1=Cc2ccccc2SC1. The number of hydrogen-bond acceptors (Lipinski definition) is 2. The van der Waals surface area contributed by atoms with Gasteiger partial charge in [-0.2, -0.15) is 4.99 Å². The van der Waals surface area contributed by atoms with Crippen molar-refractivity contribution < 1.29 is 4.79 Å². The summed E-state index contributed by atoms with van der Waals surface area (Å²) in [5.41, 5.74) is 12.0. The van der Waals surface area contributed by atoms with Gasteiger partial charge in [-0.05, 0) is 17.7 Å². The van der Waals surface area contributed by atoms with Crippen LogP contribution in [0.4, 0.5) is 0 Å². The van der Waals surface area contributed by atoms with Gasteiger partial charge in [-0.1, -0.05) is 18.2 Å².